The number of aromatic nitrogens is 2. The molecule has 5 nitrogen and oxygen atoms in total. The van der Waals surface area contributed by atoms with Gasteiger partial charge in [0.15, 0.2) is 0 Å². The maximum absolute atomic E-state index is 12.0. The first-order chi connectivity index (χ1) is 9.46. The van der Waals surface area contributed by atoms with Crippen molar-refractivity contribution in [1.82, 2.24) is 9.97 Å². The molecule has 0 bridgehead atoms. The summed E-state index contributed by atoms with van der Waals surface area (Å²) in [5.41, 5.74) is 1.67. The number of aryl methyl sites for hydroxylation is 2. The molecular weight excluding hydrogens is 342 g/mol. The molecule has 0 atom stereocenters. The van der Waals surface area contributed by atoms with Gasteiger partial charge in [-0.1, -0.05) is 0 Å². The van der Waals surface area contributed by atoms with Gasteiger partial charge in [0.05, 0.1) is 11.4 Å². The van der Waals surface area contributed by atoms with Crippen molar-refractivity contribution in [3.05, 3.63) is 52.4 Å². The molecule has 0 saturated carbocycles. The molecule has 2 rings (SSSR count). The second-order valence-electron chi connectivity index (χ2n) is 4.29. The summed E-state index contributed by atoms with van der Waals surface area (Å²) in [6, 6.07) is 7.00. The summed E-state index contributed by atoms with van der Waals surface area (Å²) >= 11 is 3.32. The number of pyridine rings is 2. The summed E-state index contributed by atoms with van der Waals surface area (Å²) in [5.74, 6) is 0.341. The van der Waals surface area contributed by atoms with Crippen LogP contribution in [0.5, 0.6) is 0 Å². The lowest BCUT2D eigenvalue weighted by molar-refractivity contribution is 0.600. The van der Waals surface area contributed by atoms with Crippen LogP contribution in [0.25, 0.3) is 0 Å². The van der Waals surface area contributed by atoms with Gasteiger partial charge in [0.1, 0.15) is 5.82 Å². The van der Waals surface area contributed by atoms with Crippen LogP contribution in [0.4, 0.5) is 5.82 Å². The van der Waals surface area contributed by atoms with Crippen molar-refractivity contribution in [1.29, 1.82) is 0 Å². The molecule has 2 aromatic rings. The summed E-state index contributed by atoms with van der Waals surface area (Å²) in [6.07, 6.45) is 3.73. The largest absolute Gasteiger partial charge is 0.267 e. The van der Waals surface area contributed by atoms with Crippen LogP contribution >= 0.6 is 15.9 Å². The van der Waals surface area contributed by atoms with E-state index in [-0.39, 0.29) is 5.75 Å². The minimum atomic E-state index is -3.41. The normalized spacial score (nSPS) is 11.3. The van der Waals surface area contributed by atoms with Crippen LogP contribution in [0.15, 0.2) is 41.1 Å². The maximum Gasteiger partial charge on any atom is 0.234 e. The van der Waals surface area contributed by atoms with E-state index in [1.54, 1.807) is 43.6 Å². The lowest BCUT2D eigenvalue weighted by Crippen LogP contribution is -2.19. The first-order valence-electron chi connectivity index (χ1n) is 5.99. The van der Waals surface area contributed by atoms with Crippen LogP contribution < -0.4 is 4.72 Å². The molecule has 0 aliphatic rings. The van der Waals surface area contributed by atoms with Crippen molar-refractivity contribution in [2.45, 2.75) is 13.3 Å². The molecule has 0 aromatic carbocycles. The fourth-order valence-corrected chi connectivity index (χ4v) is 2.87. The zero-order chi connectivity index (χ0) is 14.6. The van der Waals surface area contributed by atoms with Crippen LogP contribution in [-0.2, 0) is 16.4 Å². The summed E-state index contributed by atoms with van der Waals surface area (Å²) in [6.45, 7) is 1.80. The minimum Gasteiger partial charge on any atom is -0.267 e. The zero-order valence-corrected chi connectivity index (χ0v) is 13.3. The number of nitrogens with one attached hydrogen (secondary N) is 1. The van der Waals surface area contributed by atoms with E-state index in [1.807, 2.05) is 0 Å². The lowest BCUT2D eigenvalue weighted by Gasteiger charge is -2.08. The average molecular weight is 356 g/mol. The lowest BCUT2D eigenvalue weighted by atomic mass is 10.2. The molecule has 0 radical (unpaired) electrons. The van der Waals surface area contributed by atoms with E-state index in [2.05, 4.69) is 30.6 Å². The van der Waals surface area contributed by atoms with Crippen LogP contribution in [0.3, 0.4) is 0 Å². The van der Waals surface area contributed by atoms with E-state index in [0.717, 1.165) is 15.7 Å². The molecule has 20 heavy (non-hydrogen) atoms. The molecule has 2 heterocycles. The van der Waals surface area contributed by atoms with Gasteiger partial charge in [-0.2, -0.15) is 0 Å². The molecule has 0 fully saturated rings. The van der Waals surface area contributed by atoms with Gasteiger partial charge in [-0.25, -0.2) is 13.4 Å². The van der Waals surface area contributed by atoms with Gasteiger partial charge in [-0.15, -0.1) is 0 Å². The number of hydrogen-bond acceptors (Lipinski definition) is 4. The summed E-state index contributed by atoms with van der Waals surface area (Å²) in [5, 5.41) is 0. The fraction of sp³-hybridized carbons (Fsp3) is 0.231. The summed E-state index contributed by atoms with van der Waals surface area (Å²) in [4.78, 5) is 8.06. The van der Waals surface area contributed by atoms with Gasteiger partial charge >= 0.3 is 0 Å². The minimum absolute atomic E-state index is 0.00774. The monoisotopic (exact) mass is 355 g/mol. The molecule has 0 saturated heterocycles. The second-order valence-corrected chi connectivity index (χ2v) is 6.99. The number of anilines is 1. The van der Waals surface area contributed by atoms with E-state index < -0.39 is 10.0 Å². The number of hydrogen-bond donors (Lipinski definition) is 1. The second kappa shape index (κ2) is 6.32. The van der Waals surface area contributed by atoms with Gasteiger partial charge in [0.2, 0.25) is 10.0 Å². The summed E-state index contributed by atoms with van der Waals surface area (Å²) < 4.78 is 27.3. The Labute approximate surface area is 126 Å². The van der Waals surface area contributed by atoms with Crippen LogP contribution in [-0.4, -0.2) is 24.1 Å². The highest BCUT2D eigenvalue weighted by Crippen LogP contribution is 2.17. The van der Waals surface area contributed by atoms with E-state index >= 15 is 0 Å². The smallest absolute Gasteiger partial charge is 0.234 e. The predicted molar refractivity (Wildman–Crippen MR) is 82.0 cm³/mol. The van der Waals surface area contributed by atoms with Crippen molar-refractivity contribution in [3.63, 3.8) is 0 Å². The van der Waals surface area contributed by atoms with Crippen molar-refractivity contribution < 1.29 is 8.42 Å². The molecule has 0 aliphatic carbocycles. The van der Waals surface area contributed by atoms with Crippen LogP contribution in [0, 0.1) is 6.92 Å². The number of halogens is 1. The number of nitrogens with zero attached hydrogens (tertiary/aromatic N) is 2. The Morgan fingerprint density at radius 3 is 2.55 bits per heavy atom. The molecule has 1 N–H and O–H groups in total. The third-order valence-electron chi connectivity index (χ3n) is 2.69. The number of sulfonamides is 1. The Hall–Kier alpha value is -1.47. The standard InChI is InChI=1S/C13H14BrN3O2S/c1-10-12(14)2-3-13(16-10)17-20(18,19)9-6-11-4-7-15-8-5-11/h2-5,7-8H,6,9H2,1H3,(H,16,17). The Balaban J connectivity index is 2.02. The highest BCUT2D eigenvalue weighted by molar-refractivity contribution is 9.10. The van der Waals surface area contributed by atoms with E-state index in [0.29, 0.717) is 12.2 Å². The van der Waals surface area contributed by atoms with Crippen molar-refractivity contribution in [2.24, 2.45) is 0 Å². The Kier molecular flexibility index (Phi) is 4.72. The van der Waals surface area contributed by atoms with Gasteiger partial charge in [0, 0.05) is 16.9 Å². The first kappa shape index (κ1) is 14.9. The fourth-order valence-electron chi connectivity index (χ4n) is 1.61. The highest BCUT2D eigenvalue weighted by atomic mass is 79.9. The average Bonchev–Trinajstić information content (AvgIpc) is 2.42. The SMILES string of the molecule is Cc1nc(NS(=O)(=O)CCc2ccncc2)ccc1Br. The van der Waals surface area contributed by atoms with E-state index in [9.17, 15) is 8.42 Å². The highest BCUT2D eigenvalue weighted by Gasteiger charge is 2.12. The van der Waals surface area contributed by atoms with Crippen LogP contribution in [0.1, 0.15) is 11.3 Å². The van der Waals surface area contributed by atoms with Gasteiger partial charge < -0.3 is 0 Å². The van der Waals surface area contributed by atoms with Gasteiger partial charge in [-0.3, -0.25) is 9.71 Å². The van der Waals surface area contributed by atoms with Crippen molar-refractivity contribution in [3.8, 4) is 0 Å². The Morgan fingerprint density at radius 2 is 1.90 bits per heavy atom. The molecule has 7 heteroatoms. The maximum atomic E-state index is 12.0. The number of rotatable bonds is 5. The third kappa shape index (κ3) is 4.28. The van der Waals surface area contributed by atoms with Crippen molar-refractivity contribution in [2.75, 3.05) is 10.5 Å². The van der Waals surface area contributed by atoms with Crippen LogP contribution in [0.2, 0.25) is 0 Å². The molecular formula is C13H14BrN3O2S. The Bertz CT molecular complexity index is 690. The summed E-state index contributed by atoms with van der Waals surface area (Å²) in [7, 11) is -3.41. The zero-order valence-electron chi connectivity index (χ0n) is 10.9. The van der Waals surface area contributed by atoms with Gasteiger partial charge in [0.25, 0.3) is 0 Å². The molecule has 0 aliphatic heterocycles. The molecule has 0 spiro atoms. The molecule has 0 amide bonds. The Morgan fingerprint density at radius 1 is 1.20 bits per heavy atom. The topological polar surface area (TPSA) is 72.0 Å². The first-order valence-corrected chi connectivity index (χ1v) is 8.43. The quantitative estimate of drug-likeness (QED) is 0.894. The molecule has 0 unspecified atom stereocenters. The predicted octanol–water partition coefficient (Wildman–Crippen LogP) is 2.53. The third-order valence-corrected chi connectivity index (χ3v) is 4.79. The molecule has 106 valence electrons. The van der Waals surface area contributed by atoms with Crippen molar-refractivity contribution >= 4 is 31.8 Å². The van der Waals surface area contributed by atoms with E-state index in [1.165, 1.54) is 0 Å². The van der Waals surface area contributed by atoms with E-state index in [4.69, 9.17) is 0 Å². The molecule has 2 aromatic heterocycles. The van der Waals surface area contributed by atoms with Gasteiger partial charge in [-0.05, 0) is 59.1 Å².